The number of halogens is 1. The Morgan fingerprint density at radius 2 is 2.13 bits per heavy atom. The zero-order chi connectivity index (χ0) is 15.6. The van der Waals surface area contributed by atoms with Crippen LogP contribution in [0.2, 0.25) is 0 Å². The van der Waals surface area contributed by atoms with Crippen LogP contribution in [0, 0.1) is 5.82 Å². The highest BCUT2D eigenvalue weighted by Gasteiger charge is 2.22. The second kappa shape index (κ2) is 5.83. The van der Waals surface area contributed by atoms with Crippen molar-refractivity contribution in [2.24, 2.45) is 0 Å². The Hall–Kier alpha value is -2.70. The van der Waals surface area contributed by atoms with Crippen molar-refractivity contribution in [2.75, 3.05) is 23.3 Å². The van der Waals surface area contributed by atoms with Crippen molar-refractivity contribution in [1.82, 2.24) is 19.9 Å². The van der Waals surface area contributed by atoms with E-state index in [1.165, 1.54) is 12.4 Å². The molecule has 1 aliphatic heterocycles. The predicted octanol–water partition coefficient (Wildman–Crippen LogP) is 2.57. The van der Waals surface area contributed by atoms with Crippen molar-refractivity contribution < 1.29 is 4.39 Å². The van der Waals surface area contributed by atoms with Gasteiger partial charge >= 0.3 is 0 Å². The monoisotopic (exact) mass is 312 g/mol. The normalized spacial score (nSPS) is 18.3. The van der Waals surface area contributed by atoms with Gasteiger partial charge < -0.3 is 15.2 Å². The number of aromatic amines is 1. The zero-order valence-electron chi connectivity index (χ0n) is 12.5. The van der Waals surface area contributed by atoms with Crippen LogP contribution >= 0.6 is 0 Å². The van der Waals surface area contributed by atoms with Gasteiger partial charge in [-0.15, -0.1) is 0 Å². The van der Waals surface area contributed by atoms with E-state index in [-0.39, 0.29) is 11.9 Å². The van der Waals surface area contributed by atoms with E-state index in [1.807, 2.05) is 12.1 Å². The Bertz CT molecular complexity index is 817. The molecule has 2 aromatic heterocycles. The minimum Gasteiger partial charge on any atom is -0.367 e. The van der Waals surface area contributed by atoms with Crippen LogP contribution in [0.3, 0.4) is 0 Å². The van der Waals surface area contributed by atoms with Crippen LogP contribution < -0.4 is 10.2 Å². The number of hydrogen-bond donors (Lipinski definition) is 2. The summed E-state index contributed by atoms with van der Waals surface area (Å²) in [5, 5.41) is 3.44. The highest BCUT2D eigenvalue weighted by atomic mass is 19.1. The maximum Gasteiger partial charge on any atom is 0.182 e. The third kappa shape index (κ3) is 2.69. The fourth-order valence-corrected chi connectivity index (χ4v) is 3.09. The van der Waals surface area contributed by atoms with Gasteiger partial charge in [0.15, 0.2) is 11.5 Å². The first kappa shape index (κ1) is 13.9. The Morgan fingerprint density at radius 3 is 3.04 bits per heavy atom. The molecule has 0 bridgehead atoms. The fraction of sp³-hybridized carbons (Fsp3) is 0.312. The molecule has 7 heteroatoms. The molecule has 2 N–H and O–H groups in total. The van der Waals surface area contributed by atoms with Gasteiger partial charge in [-0.2, -0.15) is 0 Å². The molecule has 0 spiro atoms. The summed E-state index contributed by atoms with van der Waals surface area (Å²) < 4.78 is 14.0. The van der Waals surface area contributed by atoms with E-state index >= 15 is 0 Å². The van der Waals surface area contributed by atoms with Crippen molar-refractivity contribution >= 4 is 22.7 Å². The van der Waals surface area contributed by atoms with Crippen LogP contribution in [0.15, 0.2) is 36.9 Å². The van der Waals surface area contributed by atoms with Gasteiger partial charge in [0, 0.05) is 19.1 Å². The summed E-state index contributed by atoms with van der Waals surface area (Å²) in [5.74, 6) is 0.569. The number of hydrogen-bond acceptors (Lipinski definition) is 5. The van der Waals surface area contributed by atoms with Crippen LogP contribution in [0.4, 0.5) is 15.9 Å². The molecule has 0 aliphatic carbocycles. The first-order valence-corrected chi connectivity index (χ1v) is 7.71. The number of aromatic nitrogens is 4. The number of imidazole rings is 1. The van der Waals surface area contributed by atoms with Gasteiger partial charge in [-0.25, -0.2) is 19.3 Å². The van der Waals surface area contributed by atoms with Crippen LogP contribution in [0.1, 0.15) is 12.8 Å². The first-order valence-electron chi connectivity index (χ1n) is 7.71. The number of nitrogens with one attached hydrogen (secondary N) is 2. The lowest BCUT2D eigenvalue weighted by Crippen LogP contribution is -2.42. The second-order valence-electron chi connectivity index (χ2n) is 5.70. The molecule has 1 aromatic carbocycles. The maximum absolute atomic E-state index is 14.0. The molecular formula is C16H17FN6. The number of piperidine rings is 1. The van der Waals surface area contributed by atoms with E-state index in [2.05, 4.69) is 30.2 Å². The topological polar surface area (TPSA) is 69.7 Å². The number of nitrogens with zero attached hydrogens (tertiary/aromatic N) is 4. The third-order valence-corrected chi connectivity index (χ3v) is 4.18. The van der Waals surface area contributed by atoms with E-state index in [9.17, 15) is 4.39 Å². The SMILES string of the molecule is Fc1ccccc1N1CCCC(Nc2ncnc3nc[nH]c23)C1. The summed E-state index contributed by atoms with van der Waals surface area (Å²) in [6.45, 7) is 1.60. The van der Waals surface area contributed by atoms with Crippen LogP contribution in [0.5, 0.6) is 0 Å². The number of para-hydroxylation sites is 1. The lowest BCUT2D eigenvalue weighted by atomic mass is 10.0. The lowest BCUT2D eigenvalue weighted by molar-refractivity contribution is 0.518. The molecule has 1 atom stereocenters. The van der Waals surface area contributed by atoms with Crippen LogP contribution in [-0.2, 0) is 0 Å². The van der Waals surface area contributed by atoms with Crippen molar-refractivity contribution in [3.8, 4) is 0 Å². The molecule has 3 aromatic rings. The van der Waals surface area contributed by atoms with Crippen molar-refractivity contribution in [3.63, 3.8) is 0 Å². The summed E-state index contributed by atoms with van der Waals surface area (Å²) in [6, 6.07) is 7.12. The van der Waals surface area contributed by atoms with Crippen LogP contribution in [-0.4, -0.2) is 39.1 Å². The standard InChI is InChI=1S/C16H17FN6/c17-12-5-1-2-6-13(12)23-7-3-4-11(8-23)22-16-14-15(19-9-18-14)20-10-21-16/h1-2,5-6,9-11H,3-4,7-8H2,(H2,18,19,20,21,22). The molecule has 1 aliphatic rings. The quantitative estimate of drug-likeness (QED) is 0.778. The largest absolute Gasteiger partial charge is 0.367 e. The average Bonchev–Trinajstić information content (AvgIpc) is 3.05. The van der Waals surface area contributed by atoms with E-state index in [4.69, 9.17) is 0 Å². The molecule has 23 heavy (non-hydrogen) atoms. The summed E-state index contributed by atoms with van der Waals surface area (Å²) in [7, 11) is 0. The summed E-state index contributed by atoms with van der Waals surface area (Å²) in [5.41, 5.74) is 2.10. The number of anilines is 2. The molecule has 6 nitrogen and oxygen atoms in total. The van der Waals surface area contributed by atoms with Gasteiger partial charge in [0.05, 0.1) is 12.0 Å². The molecular weight excluding hydrogens is 295 g/mol. The fourth-order valence-electron chi connectivity index (χ4n) is 3.09. The highest BCUT2D eigenvalue weighted by molar-refractivity contribution is 5.82. The molecule has 4 rings (SSSR count). The van der Waals surface area contributed by atoms with Gasteiger partial charge in [0.25, 0.3) is 0 Å². The predicted molar refractivity (Wildman–Crippen MR) is 86.9 cm³/mol. The lowest BCUT2D eigenvalue weighted by Gasteiger charge is -2.35. The molecule has 0 amide bonds. The minimum atomic E-state index is -0.175. The Morgan fingerprint density at radius 1 is 1.22 bits per heavy atom. The van der Waals surface area contributed by atoms with Crippen molar-refractivity contribution in [1.29, 1.82) is 0 Å². The van der Waals surface area contributed by atoms with Crippen molar-refractivity contribution in [3.05, 3.63) is 42.7 Å². The summed E-state index contributed by atoms with van der Waals surface area (Å²) in [6.07, 6.45) is 5.13. The molecule has 3 heterocycles. The Labute approximate surface area is 132 Å². The van der Waals surface area contributed by atoms with Crippen LogP contribution in [0.25, 0.3) is 11.2 Å². The molecule has 0 radical (unpaired) electrons. The van der Waals surface area contributed by atoms with E-state index in [1.54, 1.807) is 12.4 Å². The molecule has 118 valence electrons. The Balaban J connectivity index is 1.54. The van der Waals surface area contributed by atoms with Gasteiger partial charge in [-0.05, 0) is 25.0 Å². The van der Waals surface area contributed by atoms with E-state index < -0.39 is 0 Å². The smallest absolute Gasteiger partial charge is 0.182 e. The van der Waals surface area contributed by atoms with Gasteiger partial charge in [-0.3, -0.25) is 0 Å². The molecule has 1 unspecified atom stereocenters. The number of H-pyrrole nitrogens is 1. The maximum atomic E-state index is 14.0. The van der Waals surface area contributed by atoms with E-state index in [0.29, 0.717) is 11.3 Å². The summed E-state index contributed by atoms with van der Waals surface area (Å²) >= 11 is 0. The molecule has 1 saturated heterocycles. The third-order valence-electron chi connectivity index (χ3n) is 4.18. The zero-order valence-corrected chi connectivity index (χ0v) is 12.5. The summed E-state index contributed by atoms with van der Waals surface area (Å²) in [4.78, 5) is 17.7. The van der Waals surface area contributed by atoms with E-state index in [0.717, 1.165) is 37.3 Å². The highest BCUT2D eigenvalue weighted by Crippen LogP contribution is 2.25. The molecule has 0 saturated carbocycles. The number of rotatable bonds is 3. The average molecular weight is 312 g/mol. The number of fused-ring (bicyclic) bond motifs is 1. The number of benzene rings is 1. The van der Waals surface area contributed by atoms with Gasteiger partial charge in [-0.1, -0.05) is 12.1 Å². The Kier molecular flexibility index (Phi) is 3.53. The minimum absolute atomic E-state index is 0.175. The van der Waals surface area contributed by atoms with Gasteiger partial charge in [0.1, 0.15) is 17.7 Å². The second-order valence-corrected chi connectivity index (χ2v) is 5.70. The molecule has 1 fully saturated rings. The first-order chi connectivity index (χ1) is 11.3. The van der Waals surface area contributed by atoms with Gasteiger partial charge in [0.2, 0.25) is 0 Å². The van der Waals surface area contributed by atoms with Crippen molar-refractivity contribution in [2.45, 2.75) is 18.9 Å².